The first-order valence-corrected chi connectivity index (χ1v) is 12.3. The van der Waals surface area contributed by atoms with Gasteiger partial charge in [0.05, 0.1) is 24.6 Å². The highest BCUT2D eigenvalue weighted by Gasteiger charge is 2.21. The van der Waals surface area contributed by atoms with Crippen LogP contribution >= 0.6 is 0 Å². The summed E-state index contributed by atoms with van der Waals surface area (Å²) in [7, 11) is 0. The van der Waals surface area contributed by atoms with Gasteiger partial charge in [-0.3, -0.25) is 15.2 Å². The number of hydrogen-bond acceptors (Lipinski definition) is 9. The maximum atomic E-state index is 13.2. The highest BCUT2D eigenvalue weighted by Crippen LogP contribution is 2.21. The van der Waals surface area contributed by atoms with E-state index in [1.165, 1.54) is 10.9 Å². The van der Waals surface area contributed by atoms with E-state index >= 15 is 0 Å². The number of pyridine rings is 2. The standard InChI is InChI=1S/C26H29FN10O/c1-14-7-19(25-31-15(2)8-21(34-25)33-22-9-16(3)35-36-22)11-29-24(14)26(38)32-17(4)18-5-6-23(28-10-18)37-13-20(27)12-30-37/h5-8,10-13,16-17,22,35-36H,9H2,1-4H3,(H,32,38)(H,31,33,34)/t16?,17-,22?/m0/s1. The van der Waals surface area contributed by atoms with Crippen LogP contribution < -0.4 is 21.5 Å². The van der Waals surface area contributed by atoms with Gasteiger partial charge in [0, 0.05) is 35.8 Å². The van der Waals surface area contributed by atoms with Crippen molar-refractivity contribution in [2.45, 2.75) is 52.4 Å². The number of hydrazine groups is 1. The van der Waals surface area contributed by atoms with Crippen LogP contribution in [0.15, 0.2) is 49.1 Å². The molecule has 12 heteroatoms. The normalized spacial score (nSPS) is 17.8. The summed E-state index contributed by atoms with van der Waals surface area (Å²) in [6.45, 7) is 7.71. The molecule has 38 heavy (non-hydrogen) atoms. The maximum Gasteiger partial charge on any atom is 0.270 e. The Kier molecular flexibility index (Phi) is 7.07. The van der Waals surface area contributed by atoms with Crippen molar-refractivity contribution < 1.29 is 9.18 Å². The van der Waals surface area contributed by atoms with E-state index in [0.29, 0.717) is 34.8 Å². The number of anilines is 1. The third kappa shape index (κ3) is 5.66. The third-order valence-corrected chi connectivity index (χ3v) is 6.23. The first kappa shape index (κ1) is 25.4. The topological polar surface area (TPSA) is 135 Å². The summed E-state index contributed by atoms with van der Waals surface area (Å²) < 4.78 is 14.6. The molecule has 0 radical (unpaired) electrons. The van der Waals surface area contributed by atoms with Gasteiger partial charge < -0.3 is 10.6 Å². The predicted molar refractivity (Wildman–Crippen MR) is 140 cm³/mol. The second kappa shape index (κ2) is 10.6. The molecule has 3 atom stereocenters. The molecule has 4 aromatic heterocycles. The molecular formula is C26H29FN10O. The SMILES string of the molecule is Cc1cc(NC2CC(C)NN2)nc(-c2cnc(C(=O)N[C@@H](C)c3ccc(-n4cc(F)cn4)nc3)c(C)c2)n1. The van der Waals surface area contributed by atoms with Crippen molar-refractivity contribution in [3.05, 3.63) is 77.4 Å². The second-order valence-electron chi connectivity index (χ2n) is 9.48. The Balaban J connectivity index is 1.27. The molecule has 4 N–H and O–H groups in total. The van der Waals surface area contributed by atoms with E-state index in [0.717, 1.165) is 29.4 Å². The van der Waals surface area contributed by atoms with Crippen LogP contribution in [0.5, 0.6) is 0 Å². The predicted octanol–water partition coefficient (Wildman–Crippen LogP) is 2.99. The van der Waals surface area contributed by atoms with Crippen LogP contribution in [0.3, 0.4) is 0 Å². The minimum Gasteiger partial charge on any atom is -0.353 e. The third-order valence-electron chi connectivity index (χ3n) is 6.23. The van der Waals surface area contributed by atoms with Gasteiger partial charge in [-0.2, -0.15) is 5.10 Å². The fourth-order valence-corrected chi connectivity index (χ4v) is 4.26. The van der Waals surface area contributed by atoms with Crippen molar-refractivity contribution >= 4 is 11.7 Å². The van der Waals surface area contributed by atoms with E-state index in [1.54, 1.807) is 18.5 Å². The zero-order valence-electron chi connectivity index (χ0n) is 21.5. The fourth-order valence-electron chi connectivity index (χ4n) is 4.26. The summed E-state index contributed by atoms with van der Waals surface area (Å²) in [5.41, 5.74) is 9.74. The summed E-state index contributed by atoms with van der Waals surface area (Å²) in [5.74, 6) is 0.982. The summed E-state index contributed by atoms with van der Waals surface area (Å²) in [4.78, 5) is 31.0. The van der Waals surface area contributed by atoms with Crippen molar-refractivity contribution in [2.75, 3.05) is 5.32 Å². The van der Waals surface area contributed by atoms with Gasteiger partial charge in [0.25, 0.3) is 5.91 Å². The van der Waals surface area contributed by atoms with Crippen molar-refractivity contribution in [1.29, 1.82) is 0 Å². The Hall–Kier alpha value is -4.29. The van der Waals surface area contributed by atoms with E-state index in [9.17, 15) is 9.18 Å². The van der Waals surface area contributed by atoms with Gasteiger partial charge in [0.1, 0.15) is 11.5 Å². The monoisotopic (exact) mass is 516 g/mol. The van der Waals surface area contributed by atoms with Gasteiger partial charge >= 0.3 is 0 Å². The van der Waals surface area contributed by atoms with Crippen molar-refractivity contribution in [1.82, 2.24) is 45.9 Å². The largest absolute Gasteiger partial charge is 0.353 e. The van der Waals surface area contributed by atoms with Gasteiger partial charge in [0.15, 0.2) is 17.5 Å². The number of nitrogens with one attached hydrogen (secondary N) is 4. The number of aryl methyl sites for hydroxylation is 2. The molecule has 196 valence electrons. The first-order chi connectivity index (χ1) is 18.2. The Morgan fingerprint density at radius 3 is 2.63 bits per heavy atom. The minimum absolute atomic E-state index is 0.0695. The van der Waals surface area contributed by atoms with Crippen LogP contribution in [0.25, 0.3) is 17.2 Å². The average Bonchev–Trinajstić information content (AvgIpc) is 3.51. The van der Waals surface area contributed by atoms with Crippen molar-refractivity contribution in [3.8, 4) is 17.2 Å². The van der Waals surface area contributed by atoms with Crippen molar-refractivity contribution in [3.63, 3.8) is 0 Å². The van der Waals surface area contributed by atoms with E-state index in [-0.39, 0.29) is 18.1 Å². The lowest BCUT2D eigenvalue weighted by Crippen LogP contribution is -2.36. The number of amides is 1. The molecule has 1 fully saturated rings. The Labute approximate surface area is 219 Å². The van der Waals surface area contributed by atoms with Gasteiger partial charge in [-0.05, 0) is 57.4 Å². The molecular weight excluding hydrogens is 487 g/mol. The van der Waals surface area contributed by atoms with Gasteiger partial charge in [-0.25, -0.2) is 29.4 Å². The first-order valence-electron chi connectivity index (χ1n) is 12.3. The number of carbonyl (C=O) groups excluding carboxylic acids is 1. The summed E-state index contributed by atoms with van der Waals surface area (Å²) in [6.07, 6.45) is 6.59. The summed E-state index contributed by atoms with van der Waals surface area (Å²) in [6, 6.07) is 7.33. The van der Waals surface area contributed by atoms with Gasteiger partial charge in [-0.15, -0.1) is 0 Å². The minimum atomic E-state index is -0.440. The summed E-state index contributed by atoms with van der Waals surface area (Å²) in [5, 5.41) is 10.2. The molecule has 4 aromatic rings. The van der Waals surface area contributed by atoms with Crippen LogP contribution in [0.1, 0.15) is 53.6 Å². The molecule has 5 heterocycles. The number of halogens is 1. The average molecular weight is 517 g/mol. The number of hydrogen-bond donors (Lipinski definition) is 4. The van der Waals surface area contributed by atoms with E-state index in [2.05, 4.69) is 53.4 Å². The summed E-state index contributed by atoms with van der Waals surface area (Å²) >= 11 is 0. The lowest BCUT2D eigenvalue weighted by molar-refractivity contribution is 0.0934. The highest BCUT2D eigenvalue weighted by atomic mass is 19.1. The maximum absolute atomic E-state index is 13.2. The number of carbonyl (C=O) groups is 1. The Bertz CT molecular complexity index is 1450. The van der Waals surface area contributed by atoms with Crippen LogP contribution in [0, 0.1) is 19.7 Å². The molecule has 0 aromatic carbocycles. The highest BCUT2D eigenvalue weighted by molar-refractivity contribution is 5.94. The van der Waals surface area contributed by atoms with E-state index < -0.39 is 5.82 Å². The van der Waals surface area contributed by atoms with Gasteiger partial charge in [-0.1, -0.05) is 6.07 Å². The second-order valence-corrected chi connectivity index (χ2v) is 9.48. The van der Waals surface area contributed by atoms with Crippen LogP contribution in [-0.4, -0.2) is 47.8 Å². The number of aromatic nitrogens is 6. The van der Waals surface area contributed by atoms with Crippen molar-refractivity contribution in [2.24, 2.45) is 0 Å². The zero-order valence-corrected chi connectivity index (χ0v) is 21.5. The van der Waals surface area contributed by atoms with Crippen LogP contribution in [0.2, 0.25) is 0 Å². The molecule has 1 aliphatic rings. The lowest BCUT2D eigenvalue weighted by atomic mass is 10.1. The molecule has 0 saturated carbocycles. The number of nitrogens with zero attached hydrogens (tertiary/aromatic N) is 6. The Morgan fingerprint density at radius 1 is 1.13 bits per heavy atom. The Morgan fingerprint density at radius 2 is 1.97 bits per heavy atom. The van der Waals surface area contributed by atoms with E-state index in [4.69, 9.17) is 0 Å². The zero-order chi connectivity index (χ0) is 26.8. The van der Waals surface area contributed by atoms with Crippen LogP contribution in [-0.2, 0) is 0 Å². The molecule has 1 amide bonds. The smallest absolute Gasteiger partial charge is 0.270 e. The molecule has 1 aliphatic heterocycles. The molecule has 0 spiro atoms. The van der Waals surface area contributed by atoms with Crippen LogP contribution in [0.4, 0.5) is 10.2 Å². The molecule has 5 rings (SSSR count). The molecule has 0 aliphatic carbocycles. The molecule has 11 nitrogen and oxygen atoms in total. The van der Waals surface area contributed by atoms with Gasteiger partial charge in [0.2, 0.25) is 0 Å². The lowest BCUT2D eigenvalue weighted by Gasteiger charge is -2.16. The molecule has 2 unspecified atom stereocenters. The van der Waals surface area contributed by atoms with E-state index in [1.807, 2.05) is 39.0 Å². The fraction of sp³-hybridized carbons (Fsp3) is 0.308. The molecule has 1 saturated heterocycles. The quantitative estimate of drug-likeness (QED) is 0.292. The number of rotatable bonds is 7. The molecule has 0 bridgehead atoms.